The molecule has 0 aromatic heterocycles. The number of hydrogen-bond donors (Lipinski definition) is 1. The minimum absolute atomic E-state index is 0.0309. The maximum atomic E-state index is 13.9. The SMILES string of the molecule is CC(OC(=O)Cc1c(F)cccc1Cl)C(=O)Nc1cccc2c1C(=O)c1ccccc1C2=O. The van der Waals surface area contributed by atoms with Crippen LogP contribution in [0.1, 0.15) is 44.3 Å². The highest BCUT2D eigenvalue weighted by molar-refractivity contribution is 6.31. The maximum absolute atomic E-state index is 13.9. The van der Waals surface area contributed by atoms with Gasteiger partial charge in [-0.15, -0.1) is 0 Å². The molecule has 3 aromatic carbocycles. The van der Waals surface area contributed by atoms with Crippen LogP contribution in [0, 0.1) is 5.82 Å². The quantitative estimate of drug-likeness (QED) is 0.442. The molecule has 0 saturated heterocycles. The highest BCUT2D eigenvalue weighted by Gasteiger charge is 2.32. The van der Waals surface area contributed by atoms with Crippen molar-refractivity contribution in [1.29, 1.82) is 0 Å². The zero-order valence-electron chi connectivity index (χ0n) is 17.4. The zero-order chi connectivity index (χ0) is 23.7. The van der Waals surface area contributed by atoms with Gasteiger partial charge in [-0.2, -0.15) is 0 Å². The molecule has 0 heterocycles. The normalized spacial score (nSPS) is 13.1. The number of benzene rings is 3. The maximum Gasteiger partial charge on any atom is 0.311 e. The lowest BCUT2D eigenvalue weighted by atomic mass is 9.83. The third-order valence-corrected chi connectivity index (χ3v) is 5.62. The van der Waals surface area contributed by atoms with Crippen molar-refractivity contribution in [3.8, 4) is 0 Å². The Balaban J connectivity index is 1.51. The molecule has 1 unspecified atom stereocenters. The molecule has 33 heavy (non-hydrogen) atoms. The van der Waals surface area contributed by atoms with E-state index in [1.165, 1.54) is 37.3 Å². The van der Waals surface area contributed by atoms with Crippen LogP contribution < -0.4 is 5.32 Å². The number of carbonyl (C=O) groups excluding carboxylic acids is 4. The Bertz CT molecular complexity index is 1300. The smallest absolute Gasteiger partial charge is 0.311 e. The van der Waals surface area contributed by atoms with Crippen molar-refractivity contribution in [3.05, 3.63) is 99.3 Å². The molecule has 0 bridgehead atoms. The monoisotopic (exact) mass is 465 g/mol. The summed E-state index contributed by atoms with van der Waals surface area (Å²) in [5, 5.41) is 2.63. The van der Waals surface area contributed by atoms with Crippen molar-refractivity contribution in [2.45, 2.75) is 19.4 Å². The standard InChI is InChI=1S/C25H17ClFNO5/c1-13(33-21(29)12-17-18(26)9-5-10-19(17)27)25(32)28-20-11-4-8-16-22(20)24(31)15-7-3-2-6-14(15)23(16)30/h2-11,13H,12H2,1H3,(H,28,32). The summed E-state index contributed by atoms with van der Waals surface area (Å²) < 4.78 is 19.0. The molecule has 4 rings (SSSR count). The van der Waals surface area contributed by atoms with E-state index in [9.17, 15) is 23.6 Å². The first kappa shape index (κ1) is 22.4. The minimum Gasteiger partial charge on any atom is -0.452 e. The van der Waals surface area contributed by atoms with Crippen molar-refractivity contribution in [3.63, 3.8) is 0 Å². The van der Waals surface area contributed by atoms with Crippen molar-refractivity contribution in [1.82, 2.24) is 0 Å². The van der Waals surface area contributed by atoms with Crippen molar-refractivity contribution in [2.75, 3.05) is 5.32 Å². The van der Waals surface area contributed by atoms with Crippen LogP contribution in [-0.4, -0.2) is 29.5 Å². The number of halogens is 2. The fourth-order valence-electron chi connectivity index (χ4n) is 3.62. The second-order valence-electron chi connectivity index (χ2n) is 7.43. The van der Waals surface area contributed by atoms with E-state index in [-0.39, 0.29) is 38.7 Å². The van der Waals surface area contributed by atoms with E-state index in [0.717, 1.165) is 0 Å². The van der Waals surface area contributed by atoms with E-state index in [0.29, 0.717) is 5.56 Å². The summed E-state index contributed by atoms with van der Waals surface area (Å²) in [6.45, 7) is 1.34. The molecule has 1 N–H and O–H groups in total. The molecule has 8 heteroatoms. The highest BCUT2D eigenvalue weighted by atomic mass is 35.5. The van der Waals surface area contributed by atoms with Crippen LogP contribution in [0.15, 0.2) is 60.7 Å². The first-order chi connectivity index (χ1) is 15.8. The van der Waals surface area contributed by atoms with E-state index in [1.807, 2.05) is 0 Å². The second-order valence-corrected chi connectivity index (χ2v) is 7.84. The van der Waals surface area contributed by atoms with Crippen LogP contribution in [0.2, 0.25) is 5.02 Å². The number of ketones is 2. The molecule has 166 valence electrons. The summed E-state index contributed by atoms with van der Waals surface area (Å²) in [5.74, 6) is -2.93. The molecule has 0 spiro atoms. The van der Waals surface area contributed by atoms with Gasteiger partial charge in [-0.3, -0.25) is 19.2 Å². The molecule has 1 aliphatic rings. The summed E-state index contributed by atoms with van der Waals surface area (Å²) in [5.41, 5.74) is 0.897. The predicted octanol–water partition coefficient (Wildman–Crippen LogP) is 4.37. The Morgan fingerprint density at radius 3 is 2.27 bits per heavy atom. The number of amides is 1. The number of anilines is 1. The van der Waals surface area contributed by atoms with Crippen LogP contribution in [0.25, 0.3) is 0 Å². The van der Waals surface area contributed by atoms with E-state index in [1.54, 1.807) is 30.3 Å². The third kappa shape index (κ3) is 4.27. The number of hydrogen-bond acceptors (Lipinski definition) is 5. The Labute approximate surface area is 193 Å². The fourth-order valence-corrected chi connectivity index (χ4v) is 3.85. The van der Waals surface area contributed by atoms with Gasteiger partial charge in [0.1, 0.15) is 5.82 Å². The van der Waals surface area contributed by atoms with Crippen molar-refractivity contribution >= 4 is 40.7 Å². The number of ether oxygens (including phenoxy) is 1. The Morgan fingerprint density at radius 2 is 1.58 bits per heavy atom. The van der Waals surface area contributed by atoms with Gasteiger partial charge in [0.15, 0.2) is 17.7 Å². The third-order valence-electron chi connectivity index (χ3n) is 5.27. The van der Waals surface area contributed by atoms with Crippen LogP contribution in [0.5, 0.6) is 0 Å². The number of carbonyl (C=O) groups is 4. The van der Waals surface area contributed by atoms with Gasteiger partial charge in [0.2, 0.25) is 0 Å². The lowest BCUT2D eigenvalue weighted by molar-refractivity contribution is -0.152. The molecule has 1 aliphatic carbocycles. The largest absolute Gasteiger partial charge is 0.452 e. The Kier molecular flexibility index (Phi) is 6.07. The van der Waals surface area contributed by atoms with E-state index < -0.39 is 36.0 Å². The average Bonchev–Trinajstić information content (AvgIpc) is 2.80. The first-order valence-electron chi connectivity index (χ1n) is 10.0. The van der Waals surface area contributed by atoms with E-state index in [4.69, 9.17) is 16.3 Å². The summed E-state index contributed by atoms with van der Waals surface area (Å²) in [6.07, 6.45) is -1.70. The number of nitrogens with one attached hydrogen (secondary N) is 1. The van der Waals surface area contributed by atoms with Crippen LogP contribution in [0.4, 0.5) is 10.1 Å². The van der Waals surface area contributed by atoms with Crippen molar-refractivity contribution < 1.29 is 28.3 Å². The number of esters is 1. The van der Waals surface area contributed by atoms with Gasteiger partial charge < -0.3 is 10.1 Å². The molecule has 0 saturated carbocycles. The van der Waals surface area contributed by atoms with Gasteiger partial charge in [-0.25, -0.2) is 4.39 Å². The number of rotatable bonds is 5. The fraction of sp³-hybridized carbons (Fsp3) is 0.120. The van der Waals surface area contributed by atoms with Gasteiger partial charge in [0, 0.05) is 27.3 Å². The van der Waals surface area contributed by atoms with Crippen LogP contribution in [-0.2, 0) is 20.7 Å². The summed E-state index contributed by atoms with van der Waals surface area (Å²) in [4.78, 5) is 50.7. The zero-order valence-corrected chi connectivity index (χ0v) is 18.1. The Morgan fingerprint density at radius 1 is 0.939 bits per heavy atom. The van der Waals surface area contributed by atoms with Crippen molar-refractivity contribution in [2.24, 2.45) is 0 Å². The predicted molar refractivity (Wildman–Crippen MR) is 119 cm³/mol. The first-order valence-corrected chi connectivity index (χ1v) is 10.4. The Hall–Kier alpha value is -3.84. The highest BCUT2D eigenvalue weighted by Crippen LogP contribution is 2.32. The minimum atomic E-state index is -1.25. The van der Waals surface area contributed by atoms with Crippen LogP contribution >= 0.6 is 11.6 Å². The molecule has 6 nitrogen and oxygen atoms in total. The van der Waals surface area contributed by atoms with Gasteiger partial charge >= 0.3 is 5.97 Å². The molecule has 1 amide bonds. The topological polar surface area (TPSA) is 89.5 Å². The summed E-state index contributed by atoms with van der Waals surface area (Å²) in [6, 6.07) is 15.0. The van der Waals surface area contributed by atoms with Gasteiger partial charge in [0.05, 0.1) is 17.7 Å². The lowest BCUT2D eigenvalue weighted by Gasteiger charge is -2.21. The second kappa shape index (κ2) is 8.96. The average molecular weight is 466 g/mol. The molecular weight excluding hydrogens is 449 g/mol. The van der Waals surface area contributed by atoms with Crippen LogP contribution in [0.3, 0.4) is 0 Å². The van der Waals surface area contributed by atoms with E-state index >= 15 is 0 Å². The molecule has 3 aromatic rings. The molecule has 1 atom stereocenters. The molecule has 0 radical (unpaired) electrons. The van der Waals surface area contributed by atoms with Gasteiger partial charge in [0.25, 0.3) is 5.91 Å². The summed E-state index contributed by atoms with van der Waals surface area (Å²) >= 11 is 5.92. The molecule has 0 aliphatic heterocycles. The summed E-state index contributed by atoms with van der Waals surface area (Å²) in [7, 11) is 0. The van der Waals surface area contributed by atoms with E-state index in [2.05, 4.69) is 5.32 Å². The lowest BCUT2D eigenvalue weighted by Crippen LogP contribution is -2.32. The molecule has 0 fully saturated rings. The van der Waals surface area contributed by atoms with Gasteiger partial charge in [-0.1, -0.05) is 54.1 Å². The van der Waals surface area contributed by atoms with Gasteiger partial charge in [-0.05, 0) is 25.1 Å². The number of fused-ring (bicyclic) bond motifs is 2. The molecular formula is C25H17ClFNO5.